The van der Waals surface area contributed by atoms with Crippen molar-refractivity contribution < 1.29 is 9.90 Å². The average molecular weight is 289 g/mol. The molecule has 0 saturated heterocycles. The molecule has 78 valence electrons. The summed E-state index contributed by atoms with van der Waals surface area (Å²) < 4.78 is 2.01. The van der Waals surface area contributed by atoms with Crippen molar-refractivity contribution in [2.75, 3.05) is 0 Å². The van der Waals surface area contributed by atoms with E-state index in [4.69, 9.17) is 5.11 Å². The summed E-state index contributed by atoms with van der Waals surface area (Å²) >= 11 is 4.45. The van der Waals surface area contributed by atoms with Crippen LogP contribution in [0.4, 0.5) is 0 Å². The molecule has 0 aromatic carbocycles. The van der Waals surface area contributed by atoms with Crippen LogP contribution in [0.15, 0.2) is 10.1 Å². The van der Waals surface area contributed by atoms with Gasteiger partial charge in [-0.3, -0.25) is 0 Å². The highest BCUT2D eigenvalue weighted by Crippen LogP contribution is 2.31. The van der Waals surface area contributed by atoms with Crippen molar-refractivity contribution in [2.24, 2.45) is 7.05 Å². The van der Waals surface area contributed by atoms with E-state index in [1.807, 2.05) is 0 Å². The van der Waals surface area contributed by atoms with E-state index in [0.717, 1.165) is 0 Å². The SMILES string of the molecule is Cn1nnc(Br)c1-c1scnc1C(=O)O. The number of nitrogens with zero attached hydrogens (tertiary/aromatic N) is 4. The van der Waals surface area contributed by atoms with Gasteiger partial charge in [0.25, 0.3) is 0 Å². The van der Waals surface area contributed by atoms with E-state index in [1.54, 1.807) is 7.05 Å². The highest BCUT2D eigenvalue weighted by atomic mass is 79.9. The standard InChI is InChI=1S/C7H5BrN4O2S/c1-12-4(6(8)10-11-12)5-3(7(13)14)9-2-15-5/h2H,1H3,(H,13,14). The molecule has 0 bridgehead atoms. The Morgan fingerprint density at radius 1 is 1.67 bits per heavy atom. The number of hydrogen-bond donors (Lipinski definition) is 1. The van der Waals surface area contributed by atoms with Crippen LogP contribution in [0, 0.1) is 0 Å². The van der Waals surface area contributed by atoms with Crippen molar-refractivity contribution in [3.8, 4) is 10.6 Å². The smallest absolute Gasteiger partial charge is 0.356 e. The van der Waals surface area contributed by atoms with Crippen LogP contribution in [0.1, 0.15) is 10.5 Å². The molecule has 2 rings (SSSR count). The van der Waals surface area contributed by atoms with Gasteiger partial charge in [0.15, 0.2) is 10.3 Å². The second-order valence-electron chi connectivity index (χ2n) is 2.69. The molecule has 0 amide bonds. The van der Waals surface area contributed by atoms with E-state index in [1.165, 1.54) is 21.5 Å². The Morgan fingerprint density at radius 3 is 2.93 bits per heavy atom. The fraction of sp³-hybridized carbons (Fsp3) is 0.143. The molecule has 0 saturated carbocycles. The predicted molar refractivity (Wildman–Crippen MR) is 56.8 cm³/mol. The van der Waals surface area contributed by atoms with Gasteiger partial charge in [-0.15, -0.1) is 16.4 Å². The number of halogens is 1. The number of aromatic carboxylic acids is 1. The Hall–Kier alpha value is -1.28. The van der Waals surface area contributed by atoms with E-state index < -0.39 is 5.97 Å². The van der Waals surface area contributed by atoms with Crippen molar-refractivity contribution in [3.63, 3.8) is 0 Å². The minimum absolute atomic E-state index is 0.0195. The summed E-state index contributed by atoms with van der Waals surface area (Å²) in [4.78, 5) is 15.2. The Balaban J connectivity index is 2.64. The molecule has 2 heterocycles. The molecule has 0 unspecified atom stereocenters. The van der Waals surface area contributed by atoms with Gasteiger partial charge in [0.05, 0.1) is 10.4 Å². The van der Waals surface area contributed by atoms with Gasteiger partial charge in [-0.2, -0.15) is 0 Å². The molecular weight excluding hydrogens is 284 g/mol. The predicted octanol–water partition coefficient (Wildman–Crippen LogP) is 1.40. The lowest BCUT2D eigenvalue weighted by Gasteiger charge is -1.98. The van der Waals surface area contributed by atoms with Gasteiger partial charge in [-0.05, 0) is 15.9 Å². The number of carboxylic acids is 1. The Kier molecular flexibility index (Phi) is 2.53. The van der Waals surface area contributed by atoms with Gasteiger partial charge in [0, 0.05) is 7.05 Å². The van der Waals surface area contributed by atoms with Crippen LogP contribution in [0.3, 0.4) is 0 Å². The first-order valence-corrected chi connectivity index (χ1v) is 5.51. The van der Waals surface area contributed by atoms with Crippen molar-refractivity contribution in [1.82, 2.24) is 20.0 Å². The van der Waals surface area contributed by atoms with E-state index in [0.29, 0.717) is 15.2 Å². The zero-order valence-electron chi connectivity index (χ0n) is 7.51. The zero-order valence-corrected chi connectivity index (χ0v) is 9.91. The molecule has 0 aliphatic rings. The Morgan fingerprint density at radius 2 is 2.40 bits per heavy atom. The molecule has 0 radical (unpaired) electrons. The van der Waals surface area contributed by atoms with Crippen LogP contribution in [-0.4, -0.2) is 31.1 Å². The van der Waals surface area contributed by atoms with Crippen LogP contribution >= 0.6 is 27.3 Å². The summed E-state index contributed by atoms with van der Waals surface area (Å²) in [5.41, 5.74) is 2.12. The van der Waals surface area contributed by atoms with Crippen molar-refractivity contribution >= 4 is 33.2 Å². The van der Waals surface area contributed by atoms with Gasteiger partial charge < -0.3 is 5.11 Å². The molecule has 2 aromatic rings. The second-order valence-corrected chi connectivity index (χ2v) is 4.29. The van der Waals surface area contributed by atoms with E-state index in [2.05, 4.69) is 31.2 Å². The van der Waals surface area contributed by atoms with Gasteiger partial charge in [-0.25, -0.2) is 14.5 Å². The molecule has 0 spiro atoms. The maximum absolute atomic E-state index is 10.9. The number of carbonyl (C=O) groups is 1. The normalized spacial score (nSPS) is 10.5. The van der Waals surface area contributed by atoms with E-state index in [9.17, 15) is 4.79 Å². The van der Waals surface area contributed by atoms with Crippen LogP contribution in [0.25, 0.3) is 10.6 Å². The number of aryl methyl sites for hydroxylation is 1. The van der Waals surface area contributed by atoms with Gasteiger partial charge in [-0.1, -0.05) is 5.21 Å². The first-order valence-electron chi connectivity index (χ1n) is 3.83. The number of rotatable bonds is 2. The fourth-order valence-corrected chi connectivity index (χ4v) is 2.65. The molecule has 6 nitrogen and oxygen atoms in total. The minimum Gasteiger partial charge on any atom is -0.476 e. The zero-order chi connectivity index (χ0) is 11.0. The van der Waals surface area contributed by atoms with Crippen molar-refractivity contribution in [2.45, 2.75) is 0 Å². The lowest BCUT2D eigenvalue weighted by Crippen LogP contribution is -2.01. The van der Waals surface area contributed by atoms with E-state index >= 15 is 0 Å². The third-order valence-corrected chi connectivity index (χ3v) is 3.14. The maximum Gasteiger partial charge on any atom is 0.356 e. The van der Waals surface area contributed by atoms with Crippen molar-refractivity contribution in [3.05, 3.63) is 15.8 Å². The molecule has 1 N–H and O–H groups in total. The maximum atomic E-state index is 10.9. The molecule has 0 fully saturated rings. The minimum atomic E-state index is -1.06. The van der Waals surface area contributed by atoms with Gasteiger partial charge in [0.1, 0.15) is 5.69 Å². The third-order valence-electron chi connectivity index (χ3n) is 1.77. The molecule has 0 atom stereocenters. The summed E-state index contributed by atoms with van der Waals surface area (Å²) in [6.45, 7) is 0. The molecule has 0 aliphatic heterocycles. The van der Waals surface area contributed by atoms with E-state index in [-0.39, 0.29) is 5.69 Å². The number of hydrogen-bond acceptors (Lipinski definition) is 5. The van der Waals surface area contributed by atoms with Crippen LogP contribution < -0.4 is 0 Å². The first kappa shape index (κ1) is 10.2. The molecular formula is C7H5BrN4O2S. The summed E-state index contributed by atoms with van der Waals surface area (Å²) in [6.07, 6.45) is 0. The summed E-state index contributed by atoms with van der Waals surface area (Å²) in [5.74, 6) is -1.06. The van der Waals surface area contributed by atoms with Crippen LogP contribution in [0.5, 0.6) is 0 Å². The highest BCUT2D eigenvalue weighted by Gasteiger charge is 2.20. The number of thiazole rings is 1. The third kappa shape index (κ3) is 1.65. The average Bonchev–Trinajstić information content (AvgIpc) is 2.73. The Bertz CT molecular complexity index is 501. The lowest BCUT2D eigenvalue weighted by molar-refractivity contribution is 0.0692. The Labute approximate surface area is 96.7 Å². The summed E-state index contributed by atoms with van der Waals surface area (Å²) in [7, 11) is 1.69. The topological polar surface area (TPSA) is 80.9 Å². The number of carboxylic acid groups (broad SMARTS) is 1. The first-order chi connectivity index (χ1) is 7.11. The summed E-state index contributed by atoms with van der Waals surface area (Å²) in [6, 6.07) is 0. The monoisotopic (exact) mass is 288 g/mol. The highest BCUT2D eigenvalue weighted by molar-refractivity contribution is 9.10. The quantitative estimate of drug-likeness (QED) is 0.903. The number of aromatic nitrogens is 4. The van der Waals surface area contributed by atoms with Gasteiger partial charge in [0.2, 0.25) is 0 Å². The van der Waals surface area contributed by atoms with Crippen LogP contribution in [-0.2, 0) is 7.05 Å². The lowest BCUT2D eigenvalue weighted by atomic mass is 10.3. The second kappa shape index (κ2) is 3.70. The largest absolute Gasteiger partial charge is 0.476 e. The van der Waals surface area contributed by atoms with Crippen LogP contribution in [0.2, 0.25) is 0 Å². The van der Waals surface area contributed by atoms with Gasteiger partial charge >= 0.3 is 5.97 Å². The fourth-order valence-electron chi connectivity index (χ4n) is 1.14. The summed E-state index contributed by atoms with van der Waals surface area (Å²) in [5, 5.41) is 16.5. The van der Waals surface area contributed by atoms with Crippen molar-refractivity contribution in [1.29, 1.82) is 0 Å². The molecule has 0 aliphatic carbocycles. The molecule has 15 heavy (non-hydrogen) atoms. The molecule has 2 aromatic heterocycles. The molecule has 8 heteroatoms.